The molecule has 2 rings (SSSR count). The molecule has 0 radical (unpaired) electrons. The van der Waals surface area contributed by atoms with Gasteiger partial charge in [-0.25, -0.2) is 4.68 Å². The molecule has 1 aromatic carbocycles. The van der Waals surface area contributed by atoms with Crippen LogP contribution in [0.5, 0.6) is 0 Å². The minimum absolute atomic E-state index is 0.358. The molecule has 0 fully saturated rings. The lowest BCUT2D eigenvalue weighted by molar-refractivity contribution is 0.841. The van der Waals surface area contributed by atoms with Crippen molar-refractivity contribution in [3.05, 3.63) is 47.8 Å². The molecule has 3 heteroatoms. The van der Waals surface area contributed by atoms with Gasteiger partial charge in [0.15, 0.2) is 0 Å². The molecule has 0 aliphatic carbocycles. The molecule has 2 aromatic rings. The molecule has 0 atom stereocenters. The molecule has 0 aliphatic rings. The number of aromatic nitrogens is 2. The van der Waals surface area contributed by atoms with Crippen LogP contribution in [0.2, 0.25) is 0 Å². The summed E-state index contributed by atoms with van der Waals surface area (Å²) >= 11 is 0. The van der Waals surface area contributed by atoms with Crippen molar-refractivity contribution < 1.29 is 0 Å². The minimum atomic E-state index is 0.358. The summed E-state index contributed by atoms with van der Waals surface area (Å²) in [5.41, 5.74) is 3.15. The fourth-order valence-corrected chi connectivity index (χ4v) is 1.69. The van der Waals surface area contributed by atoms with Crippen molar-refractivity contribution >= 4 is 0 Å². The van der Waals surface area contributed by atoms with Crippen LogP contribution in [0.15, 0.2) is 36.5 Å². The van der Waals surface area contributed by atoms with Crippen LogP contribution in [-0.2, 0) is 6.42 Å². The van der Waals surface area contributed by atoms with E-state index >= 15 is 0 Å². The number of benzene rings is 1. The normalized spacial score (nSPS) is 10.5. The highest BCUT2D eigenvalue weighted by atomic mass is 15.3. The second-order valence-electron chi connectivity index (χ2n) is 4.33. The first-order valence-corrected chi connectivity index (χ1v) is 5.72. The lowest BCUT2D eigenvalue weighted by Gasteiger charge is -2.06. The first-order valence-electron chi connectivity index (χ1n) is 5.72. The molecule has 0 bridgehead atoms. The van der Waals surface area contributed by atoms with Crippen LogP contribution in [0, 0.1) is 11.3 Å². The van der Waals surface area contributed by atoms with Crippen molar-refractivity contribution in [2.24, 2.45) is 0 Å². The number of hydrogen-bond acceptors (Lipinski definition) is 2. The van der Waals surface area contributed by atoms with E-state index in [0.29, 0.717) is 12.3 Å². The topological polar surface area (TPSA) is 41.6 Å². The lowest BCUT2D eigenvalue weighted by atomic mass is 10.0. The Morgan fingerprint density at radius 1 is 1.24 bits per heavy atom. The van der Waals surface area contributed by atoms with Crippen molar-refractivity contribution in [1.29, 1.82) is 5.26 Å². The van der Waals surface area contributed by atoms with E-state index in [1.807, 2.05) is 12.3 Å². The van der Waals surface area contributed by atoms with Gasteiger partial charge in [0, 0.05) is 6.20 Å². The number of nitriles is 1. The highest BCUT2D eigenvalue weighted by Gasteiger charge is 2.02. The highest BCUT2D eigenvalue weighted by Crippen LogP contribution is 2.16. The Balaban J connectivity index is 2.24. The highest BCUT2D eigenvalue weighted by molar-refractivity contribution is 5.35. The van der Waals surface area contributed by atoms with Gasteiger partial charge in [0.05, 0.1) is 23.9 Å². The van der Waals surface area contributed by atoms with Gasteiger partial charge in [-0.2, -0.15) is 10.4 Å². The Morgan fingerprint density at radius 2 is 1.94 bits per heavy atom. The van der Waals surface area contributed by atoms with Gasteiger partial charge in [-0.15, -0.1) is 0 Å². The third-order valence-electron chi connectivity index (χ3n) is 2.73. The molecular weight excluding hydrogens is 210 g/mol. The van der Waals surface area contributed by atoms with E-state index in [0.717, 1.165) is 11.4 Å². The van der Waals surface area contributed by atoms with Crippen molar-refractivity contribution in [3.8, 4) is 11.8 Å². The Kier molecular flexibility index (Phi) is 3.24. The average Bonchev–Trinajstić information content (AvgIpc) is 2.78. The largest absolute Gasteiger partial charge is 0.241 e. The second kappa shape index (κ2) is 4.84. The molecule has 1 heterocycles. The molecule has 0 aliphatic heterocycles. The Hall–Kier alpha value is -2.08. The van der Waals surface area contributed by atoms with Gasteiger partial charge in [-0.3, -0.25) is 0 Å². The van der Waals surface area contributed by atoms with E-state index < -0.39 is 0 Å². The summed E-state index contributed by atoms with van der Waals surface area (Å²) in [6.45, 7) is 4.35. The van der Waals surface area contributed by atoms with Crippen LogP contribution >= 0.6 is 0 Å². The summed E-state index contributed by atoms with van der Waals surface area (Å²) in [7, 11) is 0. The summed E-state index contributed by atoms with van der Waals surface area (Å²) in [4.78, 5) is 0. The summed E-state index contributed by atoms with van der Waals surface area (Å²) in [6.07, 6.45) is 2.24. The lowest BCUT2D eigenvalue weighted by Crippen LogP contribution is -1.96. The Morgan fingerprint density at radius 3 is 2.53 bits per heavy atom. The molecule has 0 spiro atoms. The minimum Gasteiger partial charge on any atom is -0.241 e. The zero-order valence-electron chi connectivity index (χ0n) is 10.1. The Labute approximate surface area is 101 Å². The van der Waals surface area contributed by atoms with Crippen LogP contribution < -0.4 is 0 Å². The van der Waals surface area contributed by atoms with E-state index in [9.17, 15) is 0 Å². The summed E-state index contributed by atoms with van der Waals surface area (Å²) < 4.78 is 1.80. The molecule has 3 nitrogen and oxygen atoms in total. The zero-order chi connectivity index (χ0) is 12.3. The summed E-state index contributed by atoms with van der Waals surface area (Å²) in [5, 5.41) is 12.9. The molecule has 0 unspecified atom stereocenters. The van der Waals surface area contributed by atoms with E-state index in [1.54, 1.807) is 4.68 Å². The monoisotopic (exact) mass is 225 g/mol. The van der Waals surface area contributed by atoms with Crippen molar-refractivity contribution in [1.82, 2.24) is 9.78 Å². The quantitative estimate of drug-likeness (QED) is 0.805. The van der Waals surface area contributed by atoms with Crippen LogP contribution in [0.4, 0.5) is 0 Å². The zero-order valence-corrected chi connectivity index (χ0v) is 10.1. The maximum absolute atomic E-state index is 8.60. The van der Waals surface area contributed by atoms with Crippen LogP contribution in [0.3, 0.4) is 0 Å². The third-order valence-corrected chi connectivity index (χ3v) is 2.73. The van der Waals surface area contributed by atoms with Crippen LogP contribution in [0.25, 0.3) is 5.69 Å². The average molecular weight is 225 g/mol. The van der Waals surface area contributed by atoms with Crippen LogP contribution in [-0.4, -0.2) is 9.78 Å². The summed E-state index contributed by atoms with van der Waals surface area (Å²) in [6, 6.07) is 12.3. The van der Waals surface area contributed by atoms with E-state index in [1.165, 1.54) is 5.56 Å². The first-order chi connectivity index (χ1) is 8.20. The molecule has 0 saturated heterocycles. The van der Waals surface area contributed by atoms with E-state index in [2.05, 4.69) is 49.3 Å². The predicted octanol–water partition coefficient (Wildman–Crippen LogP) is 3.06. The van der Waals surface area contributed by atoms with E-state index in [4.69, 9.17) is 5.26 Å². The fourth-order valence-electron chi connectivity index (χ4n) is 1.69. The number of hydrogen-bond donors (Lipinski definition) is 0. The fraction of sp³-hybridized carbons (Fsp3) is 0.286. The number of rotatable bonds is 3. The molecule has 1 aromatic heterocycles. The SMILES string of the molecule is CC(C)c1ccc(-n2ccc(CC#N)n2)cc1. The van der Waals surface area contributed by atoms with Gasteiger partial charge in [0.2, 0.25) is 0 Å². The van der Waals surface area contributed by atoms with Gasteiger partial charge >= 0.3 is 0 Å². The van der Waals surface area contributed by atoms with E-state index in [-0.39, 0.29) is 0 Å². The maximum atomic E-state index is 8.60. The van der Waals surface area contributed by atoms with Crippen molar-refractivity contribution in [3.63, 3.8) is 0 Å². The molecule has 0 amide bonds. The molecule has 0 N–H and O–H groups in total. The van der Waals surface area contributed by atoms with Gasteiger partial charge in [0.25, 0.3) is 0 Å². The van der Waals surface area contributed by atoms with Crippen molar-refractivity contribution in [2.45, 2.75) is 26.2 Å². The van der Waals surface area contributed by atoms with Crippen molar-refractivity contribution in [2.75, 3.05) is 0 Å². The third kappa shape index (κ3) is 2.54. The first kappa shape index (κ1) is 11.4. The molecular formula is C14H15N3. The standard InChI is InChI=1S/C14H15N3/c1-11(2)12-3-5-14(6-4-12)17-10-8-13(16-17)7-9-15/h3-6,8,10-11H,7H2,1-2H3. The van der Waals surface area contributed by atoms with Gasteiger partial charge in [-0.05, 0) is 29.7 Å². The van der Waals surface area contributed by atoms with Gasteiger partial charge < -0.3 is 0 Å². The molecule has 0 saturated carbocycles. The molecule has 17 heavy (non-hydrogen) atoms. The maximum Gasteiger partial charge on any atom is 0.0793 e. The number of nitrogens with zero attached hydrogens (tertiary/aromatic N) is 3. The Bertz CT molecular complexity index is 529. The predicted molar refractivity (Wildman–Crippen MR) is 67.0 cm³/mol. The smallest absolute Gasteiger partial charge is 0.0793 e. The van der Waals surface area contributed by atoms with Gasteiger partial charge in [-0.1, -0.05) is 26.0 Å². The molecule has 86 valence electrons. The summed E-state index contributed by atoms with van der Waals surface area (Å²) in [5.74, 6) is 0.538. The van der Waals surface area contributed by atoms with Crippen LogP contribution in [0.1, 0.15) is 31.0 Å². The van der Waals surface area contributed by atoms with Gasteiger partial charge in [0.1, 0.15) is 0 Å². The second-order valence-corrected chi connectivity index (χ2v) is 4.33.